The molecule has 2 rings (SSSR count). The summed E-state index contributed by atoms with van der Waals surface area (Å²) >= 11 is 0. The molecule has 1 aromatic carbocycles. The molecule has 1 N–H and O–H groups in total. The number of nitrogens with one attached hydrogen (secondary N) is 1. The van der Waals surface area contributed by atoms with Crippen molar-refractivity contribution in [3.8, 4) is 0 Å². The summed E-state index contributed by atoms with van der Waals surface area (Å²) in [6.45, 7) is 3.74. The van der Waals surface area contributed by atoms with Crippen LogP contribution in [0.2, 0.25) is 0 Å². The number of hydrogen-bond donors (Lipinski definition) is 1. The fourth-order valence-electron chi connectivity index (χ4n) is 2.57. The first-order chi connectivity index (χ1) is 8.86. The number of anilines is 2. The lowest BCUT2D eigenvalue weighted by Crippen LogP contribution is -2.46. The van der Waals surface area contributed by atoms with Gasteiger partial charge >= 0.3 is 0 Å². The van der Waals surface area contributed by atoms with Crippen molar-refractivity contribution in [1.82, 2.24) is 0 Å². The van der Waals surface area contributed by atoms with Crippen molar-refractivity contribution in [2.45, 2.75) is 19.4 Å². The number of benzene rings is 1. The third-order valence-electron chi connectivity index (χ3n) is 3.81. The Bertz CT molecular complexity index is 447. The van der Waals surface area contributed by atoms with Crippen LogP contribution in [-0.2, 0) is 4.79 Å². The van der Waals surface area contributed by atoms with E-state index in [1.54, 1.807) is 0 Å². The summed E-state index contributed by atoms with van der Waals surface area (Å²) in [5, 5.41) is 2.80. The Morgan fingerprint density at radius 1 is 1.26 bits per heavy atom. The highest BCUT2D eigenvalue weighted by Crippen LogP contribution is 2.25. The van der Waals surface area contributed by atoms with Gasteiger partial charge in [0.15, 0.2) is 0 Å². The number of nitrogens with zero attached hydrogens (tertiary/aromatic N) is 2. The quantitative estimate of drug-likeness (QED) is 0.844. The van der Waals surface area contributed by atoms with Crippen LogP contribution in [0.15, 0.2) is 24.3 Å². The van der Waals surface area contributed by atoms with Gasteiger partial charge in [-0.15, -0.1) is 0 Å². The average molecular weight is 262 g/mol. The van der Waals surface area contributed by atoms with Crippen LogP contribution in [0.25, 0.3) is 0 Å². The smallest absolute Gasteiger partial charge is 0.221 e. The van der Waals surface area contributed by atoms with Crippen molar-refractivity contribution in [2.75, 3.05) is 44.4 Å². The summed E-state index contributed by atoms with van der Waals surface area (Å²) < 4.78 is 1.01. The van der Waals surface area contributed by atoms with E-state index in [0.29, 0.717) is 6.04 Å². The molecule has 1 aromatic rings. The standard InChI is InChI=1S/C15H23N3O/c1-12(19)16-13-5-7-14(8-6-13)17-10-9-15(11-17)18(2,3)4/h5-8,15H,9-11H2,1-4H3/p+1. The van der Waals surface area contributed by atoms with Gasteiger partial charge in [0.1, 0.15) is 6.04 Å². The van der Waals surface area contributed by atoms with E-state index in [-0.39, 0.29) is 5.91 Å². The lowest BCUT2D eigenvalue weighted by Gasteiger charge is -2.31. The number of likely N-dealkylation sites (N-methyl/N-ethyl adjacent to an activating group) is 1. The molecule has 19 heavy (non-hydrogen) atoms. The van der Waals surface area contributed by atoms with Gasteiger partial charge in [-0.3, -0.25) is 4.79 Å². The summed E-state index contributed by atoms with van der Waals surface area (Å²) in [6, 6.07) is 8.80. The molecule has 1 heterocycles. The monoisotopic (exact) mass is 262 g/mol. The van der Waals surface area contributed by atoms with Crippen LogP contribution in [0.3, 0.4) is 0 Å². The molecule has 1 fully saturated rings. The van der Waals surface area contributed by atoms with E-state index in [9.17, 15) is 4.79 Å². The maximum atomic E-state index is 11.0. The molecule has 0 radical (unpaired) electrons. The highest BCUT2D eigenvalue weighted by Gasteiger charge is 2.32. The number of amides is 1. The molecule has 4 heteroatoms. The van der Waals surface area contributed by atoms with Crippen LogP contribution < -0.4 is 10.2 Å². The van der Waals surface area contributed by atoms with Crippen LogP contribution in [-0.4, -0.2) is 50.7 Å². The van der Waals surface area contributed by atoms with E-state index < -0.39 is 0 Å². The molecular weight excluding hydrogens is 238 g/mol. The van der Waals surface area contributed by atoms with Crippen LogP contribution in [0, 0.1) is 0 Å². The number of hydrogen-bond acceptors (Lipinski definition) is 2. The number of quaternary nitrogens is 1. The van der Waals surface area contributed by atoms with E-state index in [4.69, 9.17) is 0 Å². The predicted octanol–water partition coefficient (Wildman–Crippen LogP) is 1.93. The maximum Gasteiger partial charge on any atom is 0.221 e. The van der Waals surface area contributed by atoms with Gasteiger partial charge in [-0.05, 0) is 24.3 Å². The second-order valence-electron chi connectivity index (χ2n) is 6.23. The van der Waals surface area contributed by atoms with Gasteiger partial charge < -0.3 is 14.7 Å². The summed E-state index contributed by atoms with van der Waals surface area (Å²) in [7, 11) is 6.77. The zero-order valence-corrected chi connectivity index (χ0v) is 12.3. The van der Waals surface area contributed by atoms with Crippen molar-refractivity contribution in [3.63, 3.8) is 0 Å². The van der Waals surface area contributed by atoms with Gasteiger partial charge in [0.25, 0.3) is 0 Å². The van der Waals surface area contributed by atoms with Gasteiger partial charge in [0.05, 0.1) is 27.7 Å². The van der Waals surface area contributed by atoms with Gasteiger partial charge in [-0.25, -0.2) is 0 Å². The molecule has 0 spiro atoms. The Balaban J connectivity index is 2.02. The largest absolute Gasteiger partial charge is 0.365 e. The molecule has 1 aliphatic heterocycles. The number of carbonyl (C=O) groups excluding carboxylic acids is 1. The molecule has 1 aliphatic rings. The Hall–Kier alpha value is -1.55. The highest BCUT2D eigenvalue weighted by atomic mass is 16.1. The Morgan fingerprint density at radius 2 is 1.89 bits per heavy atom. The first-order valence-electron chi connectivity index (χ1n) is 6.80. The molecule has 1 unspecified atom stereocenters. The third-order valence-corrected chi connectivity index (χ3v) is 3.81. The van der Waals surface area contributed by atoms with Crippen LogP contribution in [0.5, 0.6) is 0 Å². The minimum Gasteiger partial charge on any atom is -0.365 e. The Morgan fingerprint density at radius 3 is 2.37 bits per heavy atom. The lowest BCUT2D eigenvalue weighted by molar-refractivity contribution is -0.893. The molecule has 0 aliphatic carbocycles. The molecule has 1 amide bonds. The first-order valence-corrected chi connectivity index (χ1v) is 6.80. The van der Waals surface area contributed by atoms with Crippen molar-refractivity contribution in [2.24, 2.45) is 0 Å². The van der Waals surface area contributed by atoms with E-state index in [0.717, 1.165) is 23.3 Å². The summed E-state index contributed by atoms with van der Waals surface area (Å²) in [4.78, 5) is 13.4. The van der Waals surface area contributed by atoms with Gasteiger partial charge in [-0.2, -0.15) is 0 Å². The minimum absolute atomic E-state index is 0.0287. The zero-order valence-electron chi connectivity index (χ0n) is 12.3. The third kappa shape index (κ3) is 3.47. The first kappa shape index (κ1) is 13.9. The van der Waals surface area contributed by atoms with Crippen LogP contribution >= 0.6 is 0 Å². The van der Waals surface area contributed by atoms with Gasteiger partial charge in [0.2, 0.25) is 5.91 Å². The van der Waals surface area contributed by atoms with Gasteiger partial charge in [0, 0.05) is 31.3 Å². The fraction of sp³-hybridized carbons (Fsp3) is 0.533. The molecule has 0 saturated carbocycles. The molecule has 1 saturated heterocycles. The second-order valence-corrected chi connectivity index (χ2v) is 6.23. The molecular formula is C15H24N3O+. The lowest BCUT2D eigenvalue weighted by atomic mass is 10.2. The van der Waals surface area contributed by atoms with Gasteiger partial charge in [-0.1, -0.05) is 0 Å². The van der Waals surface area contributed by atoms with E-state index in [1.807, 2.05) is 12.1 Å². The van der Waals surface area contributed by atoms with Crippen LogP contribution in [0.1, 0.15) is 13.3 Å². The van der Waals surface area contributed by atoms with Crippen molar-refractivity contribution in [3.05, 3.63) is 24.3 Å². The zero-order chi connectivity index (χ0) is 14.0. The van der Waals surface area contributed by atoms with Crippen LogP contribution in [0.4, 0.5) is 11.4 Å². The number of rotatable bonds is 3. The van der Waals surface area contributed by atoms with Crippen molar-refractivity contribution < 1.29 is 9.28 Å². The highest BCUT2D eigenvalue weighted by molar-refractivity contribution is 5.88. The molecule has 0 aromatic heterocycles. The van der Waals surface area contributed by atoms with E-state index in [2.05, 4.69) is 43.5 Å². The summed E-state index contributed by atoms with van der Waals surface area (Å²) in [6.07, 6.45) is 1.23. The Labute approximate surface area is 115 Å². The molecule has 0 bridgehead atoms. The van der Waals surface area contributed by atoms with Crippen molar-refractivity contribution >= 4 is 17.3 Å². The summed E-state index contributed by atoms with van der Waals surface area (Å²) in [5.41, 5.74) is 2.10. The Kier molecular flexibility index (Phi) is 3.80. The SMILES string of the molecule is CC(=O)Nc1ccc(N2CCC([N+](C)(C)C)C2)cc1. The molecule has 1 atom stereocenters. The van der Waals surface area contributed by atoms with E-state index >= 15 is 0 Å². The molecule has 104 valence electrons. The minimum atomic E-state index is -0.0287. The summed E-state index contributed by atoms with van der Waals surface area (Å²) in [5.74, 6) is -0.0287. The molecule has 4 nitrogen and oxygen atoms in total. The fourth-order valence-corrected chi connectivity index (χ4v) is 2.57. The average Bonchev–Trinajstić information content (AvgIpc) is 2.78. The van der Waals surface area contributed by atoms with Crippen molar-refractivity contribution in [1.29, 1.82) is 0 Å². The van der Waals surface area contributed by atoms with E-state index in [1.165, 1.54) is 19.0 Å². The number of carbonyl (C=O) groups is 1. The topological polar surface area (TPSA) is 32.3 Å². The second kappa shape index (κ2) is 5.21. The predicted molar refractivity (Wildman–Crippen MR) is 79.4 cm³/mol. The normalized spacial score (nSPS) is 19.6. The maximum absolute atomic E-state index is 11.0.